The maximum atomic E-state index is 13.4. The monoisotopic (exact) mass is 620 g/mol. The summed E-state index contributed by atoms with van der Waals surface area (Å²) in [7, 11) is -4.70. The molecular weight excluding hydrogens is 590 g/mol. The second-order valence-electron chi connectivity index (χ2n) is 8.79. The molecule has 3 rings (SSSR count). The average Bonchev–Trinajstić information content (AvgIpc) is 2.96. The second-order valence-corrected chi connectivity index (χ2v) is 10.0. The van der Waals surface area contributed by atoms with Crippen molar-refractivity contribution in [3.8, 4) is 28.7 Å². The number of hydrogen-bond donors (Lipinski definition) is 0. The van der Waals surface area contributed by atoms with Crippen LogP contribution in [0, 0.1) is 0 Å². The zero-order valence-corrected chi connectivity index (χ0v) is 27.2. The number of rotatable bonds is 14. The van der Waals surface area contributed by atoms with Gasteiger partial charge in [0.25, 0.3) is 0 Å². The van der Waals surface area contributed by atoms with Crippen molar-refractivity contribution >= 4 is 31.5 Å². The van der Waals surface area contributed by atoms with Crippen LogP contribution in [0.25, 0.3) is 0 Å². The maximum Gasteiger partial charge on any atom is 1.00 e. The van der Waals surface area contributed by atoms with Crippen LogP contribution < -0.4 is 57.7 Å². The summed E-state index contributed by atoms with van der Waals surface area (Å²) in [4.78, 5) is 61.8. The Morgan fingerprint density at radius 3 is 1.63 bits per heavy atom. The van der Waals surface area contributed by atoms with E-state index in [4.69, 9.17) is 23.3 Å². The molecule has 1 atom stereocenters. The van der Waals surface area contributed by atoms with Crippen LogP contribution in [0.3, 0.4) is 0 Å². The van der Waals surface area contributed by atoms with Crippen molar-refractivity contribution in [3.63, 3.8) is 0 Å². The van der Waals surface area contributed by atoms with E-state index in [-0.39, 0.29) is 96.0 Å². The number of carbonyl (C=O) groups is 4. The molecule has 0 spiro atoms. The van der Waals surface area contributed by atoms with E-state index in [0.29, 0.717) is 5.56 Å². The Morgan fingerprint density at radius 2 is 1.14 bits per heavy atom. The molecule has 13 heteroatoms. The van der Waals surface area contributed by atoms with Crippen molar-refractivity contribution in [2.75, 3.05) is 0 Å². The summed E-state index contributed by atoms with van der Waals surface area (Å²) in [5, 5.41) is 0. The first-order valence-corrected chi connectivity index (χ1v) is 14.7. The Kier molecular flexibility index (Phi) is 14.1. The van der Waals surface area contributed by atoms with Crippen molar-refractivity contribution < 1.29 is 81.5 Å². The van der Waals surface area contributed by atoms with Gasteiger partial charge in [0, 0.05) is 37.8 Å². The molecule has 0 aliphatic carbocycles. The predicted molar refractivity (Wildman–Crippen MR) is 149 cm³/mol. The van der Waals surface area contributed by atoms with Crippen LogP contribution >= 0.6 is 7.82 Å². The summed E-state index contributed by atoms with van der Waals surface area (Å²) in [6.45, 7) is 4.72. The van der Waals surface area contributed by atoms with Gasteiger partial charge in [-0.1, -0.05) is 51.1 Å². The molecule has 0 aliphatic rings. The topological polar surface area (TPSA) is 155 Å². The molecule has 0 heterocycles. The van der Waals surface area contributed by atoms with Crippen LogP contribution in [0.5, 0.6) is 28.7 Å². The van der Waals surface area contributed by atoms with Crippen LogP contribution in [0.2, 0.25) is 0 Å². The number of phosphoric ester groups is 1. The standard InChI is InChI=1S/C30H31O11P.Na/c1-4-27(32)37-23-18-25(38-28(33)5-2)30(26(19-23)39-29(34)6-3)24(31)17-14-20-12-15-22(16-13-20)41-42(35,36)40-21-10-8-7-9-11-21;/h7-13,15-16,18-19H,4-6,14,17H2,1-3H3,(H,35,36);/q;+1/p-1. The number of hydrogen-bond acceptors (Lipinski definition) is 11. The molecule has 1 unspecified atom stereocenters. The number of carbonyl (C=O) groups excluding carboxylic acids is 4. The summed E-state index contributed by atoms with van der Waals surface area (Å²) in [6, 6.07) is 16.3. The maximum absolute atomic E-state index is 13.4. The Hall–Kier alpha value is -3.47. The molecule has 0 aromatic heterocycles. The molecule has 11 nitrogen and oxygen atoms in total. The van der Waals surface area contributed by atoms with Gasteiger partial charge < -0.3 is 28.2 Å². The zero-order valence-electron chi connectivity index (χ0n) is 24.3. The Morgan fingerprint density at radius 1 is 0.674 bits per heavy atom. The summed E-state index contributed by atoms with van der Waals surface area (Å²) in [6.07, 6.45) is 0.156. The van der Waals surface area contributed by atoms with Gasteiger partial charge in [-0.05, 0) is 36.2 Å². The Balaban J connectivity index is 0.00000645. The molecule has 222 valence electrons. The van der Waals surface area contributed by atoms with Crippen LogP contribution in [0.15, 0.2) is 66.7 Å². The van der Waals surface area contributed by atoms with E-state index in [9.17, 15) is 28.6 Å². The van der Waals surface area contributed by atoms with Gasteiger partial charge in [-0.25, -0.2) is 4.57 Å². The molecule has 0 radical (unpaired) electrons. The van der Waals surface area contributed by atoms with Crippen molar-refractivity contribution in [2.24, 2.45) is 0 Å². The summed E-state index contributed by atoms with van der Waals surface area (Å²) >= 11 is 0. The number of ether oxygens (including phenoxy) is 3. The molecule has 0 saturated carbocycles. The van der Waals surface area contributed by atoms with E-state index in [2.05, 4.69) is 0 Å². The molecular formula is C30H30NaO11P. The minimum absolute atomic E-state index is 0. The van der Waals surface area contributed by atoms with Crippen molar-refractivity contribution in [2.45, 2.75) is 52.9 Å². The fraction of sp³-hybridized carbons (Fsp3) is 0.267. The van der Waals surface area contributed by atoms with Crippen LogP contribution in [0.4, 0.5) is 0 Å². The summed E-state index contributed by atoms with van der Waals surface area (Å²) < 4.78 is 38.1. The fourth-order valence-electron chi connectivity index (χ4n) is 3.51. The minimum Gasteiger partial charge on any atom is -0.736 e. The molecule has 0 N–H and O–H groups in total. The largest absolute Gasteiger partial charge is 1.00 e. The molecule has 0 bridgehead atoms. The van der Waals surface area contributed by atoms with Crippen LogP contribution in [-0.2, 0) is 25.4 Å². The first-order valence-electron chi connectivity index (χ1n) is 13.2. The molecule has 43 heavy (non-hydrogen) atoms. The van der Waals surface area contributed by atoms with Gasteiger partial charge in [0.05, 0.1) is 0 Å². The van der Waals surface area contributed by atoms with E-state index >= 15 is 0 Å². The normalized spacial score (nSPS) is 11.7. The SMILES string of the molecule is CCC(=O)Oc1cc(OC(=O)CC)c(C(=O)CCc2ccc(OP(=O)([O-])Oc3ccccc3)cc2)c(OC(=O)CC)c1.[Na+]. The number of Topliss-reactive ketones (excluding diaryl/α,β-unsaturated/α-hetero) is 1. The van der Waals surface area contributed by atoms with Gasteiger partial charge in [0.1, 0.15) is 34.3 Å². The van der Waals surface area contributed by atoms with E-state index in [0.717, 1.165) is 0 Å². The number of aryl methyl sites for hydroxylation is 1. The number of para-hydroxylation sites is 1. The predicted octanol–water partition coefficient (Wildman–Crippen LogP) is 2.38. The van der Waals surface area contributed by atoms with E-state index < -0.39 is 31.5 Å². The molecule has 0 aliphatic heterocycles. The molecule has 0 saturated heterocycles. The molecule has 3 aromatic rings. The molecule has 0 fully saturated rings. The van der Waals surface area contributed by atoms with Crippen molar-refractivity contribution in [3.05, 3.63) is 77.9 Å². The zero-order chi connectivity index (χ0) is 30.7. The molecule has 0 amide bonds. The van der Waals surface area contributed by atoms with Gasteiger partial charge in [0.2, 0.25) is 0 Å². The van der Waals surface area contributed by atoms with Crippen LogP contribution in [-0.4, -0.2) is 23.7 Å². The van der Waals surface area contributed by atoms with E-state index in [1.54, 1.807) is 51.1 Å². The summed E-state index contributed by atoms with van der Waals surface area (Å²) in [5.74, 6) is -2.75. The third-order valence-electron chi connectivity index (χ3n) is 5.61. The van der Waals surface area contributed by atoms with E-state index in [1.165, 1.54) is 36.4 Å². The second kappa shape index (κ2) is 17.0. The first-order chi connectivity index (χ1) is 20.0. The van der Waals surface area contributed by atoms with Crippen LogP contribution in [0.1, 0.15) is 62.4 Å². The number of phosphoric acid groups is 1. The third-order valence-corrected chi connectivity index (χ3v) is 6.47. The van der Waals surface area contributed by atoms with Gasteiger partial charge >= 0.3 is 55.3 Å². The first kappa shape index (κ1) is 35.7. The number of ketones is 1. The number of benzene rings is 3. The fourth-order valence-corrected chi connectivity index (χ4v) is 4.31. The van der Waals surface area contributed by atoms with Gasteiger partial charge in [-0.2, -0.15) is 0 Å². The quantitative estimate of drug-likeness (QED) is 0.0858. The van der Waals surface area contributed by atoms with Gasteiger partial charge in [-0.15, -0.1) is 0 Å². The van der Waals surface area contributed by atoms with E-state index in [1.807, 2.05) is 0 Å². The van der Waals surface area contributed by atoms with Gasteiger partial charge in [0.15, 0.2) is 5.78 Å². The smallest absolute Gasteiger partial charge is 0.736 e. The third kappa shape index (κ3) is 11.3. The number of esters is 3. The van der Waals surface area contributed by atoms with Crippen molar-refractivity contribution in [1.29, 1.82) is 0 Å². The summed E-state index contributed by atoms with van der Waals surface area (Å²) in [5.41, 5.74) is 0.508. The van der Waals surface area contributed by atoms with Gasteiger partial charge in [-0.3, -0.25) is 19.2 Å². The Bertz CT molecular complexity index is 1430. The minimum atomic E-state index is -4.70. The molecule has 3 aromatic carbocycles. The Labute approximate surface area is 271 Å². The average molecular weight is 621 g/mol. The van der Waals surface area contributed by atoms with Crippen molar-refractivity contribution in [1.82, 2.24) is 0 Å².